The number of ketones is 1. The maximum atomic E-state index is 14.4. The number of aliphatic carboxylic acids is 1. The summed E-state index contributed by atoms with van der Waals surface area (Å²) in [6, 6.07) is -2.87. The summed E-state index contributed by atoms with van der Waals surface area (Å²) in [6.45, 7) is 6.75. The summed E-state index contributed by atoms with van der Waals surface area (Å²) >= 11 is 0. The number of rotatable bonds is 11. The van der Waals surface area contributed by atoms with Crippen molar-refractivity contribution in [3.8, 4) is 0 Å². The molecule has 0 radical (unpaired) electrons. The largest absolute Gasteiger partial charge is 0.480 e. The van der Waals surface area contributed by atoms with Crippen molar-refractivity contribution in [2.24, 2.45) is 17.8 Å². The summed E-state index contributed by atoms with van der Waals surface area (Å²) in [5, 5.41) is 16.5. The molecule has 3 rings (SSSR count). The highest BCUT2D eigenvalue weighted by Crippen LogP contribution is 2.39. The zero-order chi connectivity index (χ0) is 31.7. The number of carbonyl (C=O) groups is 6. The minimum atomic E-state index is -1.29. The van der Waals surface area contributed by atoms with E-state index in [0.717, 1.165) is 57.8 Å². The molecule has 242 valence electrons. The molecule has 0 aromatic heterocycles. The van der Waals surface area contributed by atoms with Gasteiger partial charge in [0.2, 0.25) is 17.6 Å². The lowest BCUT2D eigenvalue weighted by Gasteiger charge is -2.47. The van der Waals surface area contributed by atoms with E-state index in [-0.39, 0.29) is 30.1 Å². The number of carboxylic acids is 1. The Morgan fingerprint density at radius 1 is 0.907 bits per heavy atom. The number of likely N-dealkylation sites (tertiary alicyclic amines) is 1. The van der Waals surface area contributed by atoms with Crippen molar-refractivity contribution in [2.75, 3.05) is 13.1 Å². The maximum absolute atomic E-state index is 14.4. The van der Waals surface area contributed by atoms with Crippen LogP contribution in [0, 0.1) is 17.8 Å². The Morgan fingerprint density at radius 3 is 2.14 bits per heavy atom. The van der Waals surface area contributed by atoms with Gasteiger partial charge in [-0.15, -0.1) is 0 Å². The SMILES string of the molecule is CCCC(NC(=O)C1CC2CCCCC2CN1C(=O)C(NC(=O)OC(C)(C)C)C1CCCCC1)C(=O)C(=O)NCC(=O)O. The molecule has 4 amide bonds. The van der Waals surface area contributed by atoms with Gasteiger partial charge in [-0.25, -0.2) is 4.79 Å². The van der Waals surface area contributed by atoms with Crippen LogP contribution in [0.15, 0.2) is 0 Å². The van der Waals surface area contributed by atoms with E-state index in [2.05, 4.69) is 16.0 Å². The number of carboxylic acid groups (broad SMARTS) is 1. The number of piperidine rings is 1. The van der Waals surface area contributed by atoms with E-state index in [1.54, 1.807) is 25.7 Å². The zero-order valence-corrected chi connectivity index (χ0v) is 26.1. The first-order valence-electron chi connectivity index (χ1n) is 15.9. The van der Waals surface area contributed by atoms with Gasteiger partial charge >= 0.3 is 12.1 Å². The molecule has 1 aliphatic heterocycles. The molecule has 3 fully saturated rings. The van der Waals surface area contributed by atoms with Crippen LogP contribution in [0.3, 0.4) is 0 Å². The van der Waals surface area contributed by atoms with E-state index in [9.17, 15) is 28.8 Å². The first-order chi connectivity index (χ1) is 20.3. The predicted octanol–water partition coefficient (Wildman–Crippen LogP) is 2.92. The Balaban J connectivity index is 1.86. The average molecular weight is 607 g/mol. The zero-order valence-electron chi connectivity index (χ0n) is 26.1. The van der Waals surface area contributed by atoms with Gasteiger partial charge in [0.25, 0.3) is 5.91 Å². The second-order valence-corrected chi connectivity index (χ2v) is 13.4. The Bertz CT molecular complexity index is 1040. The first-order valence-corrected chi connectivity index (χ1v) is 15.9. The second-order valence-electron chi connectivity index (χ2n) is 13.4. The lowest BCUT2D eigenvalue weighted by Crippen LogP contribution is -2.63. The van der Waals surface area contributed by atoms with Gasteiger partial charge in [-0.3, -0.25) is 24.0 Å². The predicted molar refractivity (Wildman–Crippen MR) is 158 cm³/mol. The van der Waals surface area contributed by atoms with Crippen LogP contribution >= 0.6 is 0 Å². The Morgan fingerprint density at radius 2 is 1.53 bits per heavy atom. The smallest absolute Gasteiger partial charge is 0.408 e. The van der Waals surface area contributed by atoms with Crippen molar-refractivity contribution in [3.63, 3.8) is 0 Å². The number of ether oxygens (including phenoxy) is 1. The van der Waals surface area contributed by atoms with Gasteiger partial charge in [-0.1, -0.05) is 51.9 Å². The third-order valence-electron chi connectivity index (χ3n) is 8.88. The number of alkyl carbamates (subject to hydrolysis) is 1. The number of Topliss-reactive ketones (excluding diaryl/α,β-unsaturated/α-hetero) is 1. The molecule has 1 heterocycles. The van der Waals surface area contributed by atoms with Crippen LogP contribution in [0.1, 0.15) is 105 Å². The van der Waals surface area contributed by atoms with Crippen LogP contribution < -0.4 is 16.0 Å². The molecule has 0 bridgehead atoms. The highest BCUT2D eigenvalue weighted by Gasteiger charge is 2.46. The standard InChI is InChI=1S/C31H50N4O8/c1-5-11-22(26(38)28(40)32-17-24(36)37)33-27(39)23-16-20-14-9-10-15-21(20)18-35(23)29(41)25(19-12-7-6-8-13-19)34-30(42)43-31(2,3)4/h19-23,25H,5-18H2,1-4H3,(H,32,40)(H,33,39)(H,34,42)(H,36,37). The van der Waals surface area contributed by atoms with E-state index in [0.29, 0.717) is 19.4 Å². The maximum Gasteiger partial charge on any atom is 0.408 e. The van der Waals surface area contributed by atoms with E-state index in [1.165, 1.54) is 0 Å². The number of nitrogens with zero attached hydrogens (tertiary/aromatic N) is 1. The van der Waals surface area contributed by atoms with Gasteiger partial charge in [-0.2, -0.15) is 0 Å². The monoisotopic (exact) mass is 606 g/mol. The fourth-order valence-corrected chi connectivity index (χ4v) is 6.81. The third kappa shape index (κ3) is 9.92. The summed E-state index contributed by atoms with van der Waals surface area (Å²) in [6.07, 6.45) is 8.97. The summed E-state index contributed by atoms with van der Waals surface area (Å²) in [5.74, 6) is -3.73. The summed E-state index contributed by atoms with van der Waals surface area (Å²) < 4.78 is 5.51. The molecule has 1 saturated heterocycles. The minimum Gasteiger partial charge on any atom is -0.480 e. The van der Waals surface area contributed by atoms with Gasteiger partial charge in [0.1, 0.15) is 24.2 Å². The minimum absolute atomic E-state index is 0.0890. The molecule has 43 heavy (non-hydrogen) atoms. The molecule has 5 atom stereocenters. The molecule has 3 aliphatic rings. The first kappa shape index (κ1) is 34.3. The molecule has 2 saturated carbocycles. The molecule has 12 nitrogen and oxygen atoms in total. The van der Waals surface area contributed by atoms with Crippen LogP contribution in [-0.2, 0) is 28.7 Å². The lowest BCUT2D eigenvalue weighted by molar-refractivity contribution is -0.150. The number of carbonyl (C=O) groups excluding carboxylic acids is 5. The van der Waals surface area contributed by atoms with Crippen molar-refractivity contribution in [1.29, 1.82) is 0 Å². The van der Waals surface area contributed by atoms with Gasteiger partial charge in [-0.05, 0) is 70.6 Å². The number of hydrogen-bond donors (Lipinski definition) is 4. The van der Waals surface area contributed by atoms with Crippen molar-refractivity contribution in [3.05, 3.63) is 0 Å². The fraction of sp³-hybridized carbons (Fsp3) is 0.806. The van der Waals surface area contributed by atoms with Crippen LogP contribution in [-0.4, -0.2) is 82.4 Å². The molecular formula is C31H50N4O8. The van der Waals surface area contributed by atoms with Crippen LogP contribution in [0.4, 0.5) is 4.79 Å². The Labute approximate surface area is 254 Å². The highest BCUT2D eigenvalue weighted by atomic mass is 16.6. The van der Waals surface area contributed by atoms with Crippen molar-refractivity contribution < 1.29 is 38.6 Å². The van der Waals surface area contributed by atoms with Crippen LogP contribution in [0.5, 0.6) is 0 Å². The van der Waals surface area contributed by atoms with E-state index in [4.69, 9.17) is 9.84 Å². The Hall–Kier alpha value is -3.18. The second kappa shape index (κ2) is 15.5. The molecule has 0 aromatic rings. The molecule has 2 aliphatic carbocycles. The molecule has 0 spiro atoms. The topological polar surface area (TPSA) is 171 Å². The number of nitrogens with one attached hydrogen (secondary N) is 3. The third-order valence-corrected chi connectivity index (χ3v) is 8.88. The average Bonchev–Trinajstić information content (AvgIpc) is 2.96. The number of fused-ring (bicyclic) bond motifs is 1. The lowest BCUT2D eigenvalue weighted by atomic mass is 9.72. The van der Waals surface area contributed by atoms with Crippen molar-refractivity contribution in [1.82, 2.24) is 20.9 Å². The van der Waals surface area contributed by atoms with E-state index >= 15 is 0 Å². The molecule has 0 aromatic carbocycles. The van der Waals surface area contributed by atoms with Gasteiger partial charge < -0.3 is 30.7 Å². The van der Waals surface area contributed by atoms with Crippen molar-refractivity contribution >= 4 is 35.6 Å². The van der Waals surface area contributed by atoms with Gasteiger partial charge in [0, 0.05) is 6.54 Å². The Kier molecular flexibility index (Phi) is 12.4. The van der Waals surface area contributed by atoms with Crippen molar-refractivity contribution in [2.45, 2.75) is 128 Å². The molecule has 4 N–H and O–H groups in total. The summed E-state index contributed by atoms with van der Waals surface area (Å²) in [7, 11) is 0. The van der Waals surface area contributed by atoms with Crippen LogP contribution in [0.2, 0.25) is 0 Å². The van der Waals surface area contributed by atoms with E-state index < -0.39 is 59.9 Å². The number of hydrogen-bond acceptors (Lipinski definition) is 7. The fourth-order valence-electron chi connectivity index (χ4n) is 6.81. The summed E-state index contributed by atoms with van der Waals surface area (Å²) in [4.78, 5) is 78.9. The highest BCUT2D eigenvalue weighted by molar-refractivity contribution is 6.38. The molecule has 5 unspecified atom stereocenters. The summed E-state index contributed by atoms with van der Waals surface area (Å²) in [5.41, 5.74) is -0.745. The van der Waals surface area contributed by atoms with Crippen LogP contribution in [0.25, 0.3) is 0 Å². The van der Waals surface area contributed by atoms with E-state index in [1.807, 2.05) is 6.92 Å². The normalized spacial score (nSPS) is 24.1. The molecular weight excluding hydrogens is 556 g/mol. The number of amides is 4. The molecule has 12 heteroatoms. The van der Waals surface area contributed by atoms with Gasteiger partial charge in [0.05, 0.1) is 6.04 Å². The quantitative estimate of drug-likeness (QED) is 0.260. The van der Waals surface area contributed by atoms with Gasteiger partial charge in [0.15, 0.2) is 0 Å².